The first kappa shape index (κ1) is 17.1. The van der Waals surface area contributed by atoms with Gasteiger partial charge in [-0.1, -0.05) is 0 Å². The molecule has 0 spiro atoms. The van der Waals surface area contributed by atoms with Gasteiger partial charge in [0.05, 0.1) is 0 Å². The van der Waals surface area contributed by atoms with Gasteiger partial charge < -0.3 is 4.28 Å². The zero-order chi connectivity index (χ0) is 16.3. The van der Waals surface area contributed by atoms with E-state index in [4.69, 9.17) is 0 Å². The molecular weight excluding hydrogens is 421 g/mol. The fraction of sp³-hybridized carbons (Fsp3) is 0.600. The SMILES string of the molecule is CC1=C(C)C(C)(C)[C]([Ta][C]2=C(C)C(C)=C(C)C2(C)C)=C1C.[H-].[H-].[H-]. The van der Waals surface area contributed by atoms with Gasteiger partial charge in [0.1, 0.15) is 0 Å². The largest absolute Gasteiger partial charge is 1.00 e. The van der Waals surface area contributed by atoms with Crippen LogP contribution < -0.4 is 0 Å². The molecule has 21 heavy (non-hydrogen) atoms. The maximum atomic E-state index is 2.44. The Morgan fingerprint density at radius 3 is 1.05 bits per heavy atom. The minimum absolute atomic E-state index is 0. The first-order chi connectivity index (χ1) is 9.44. The first-order valence-corrected chi connectivity index (χ1v) is 11.2. The fourth-order valence-electron chi connectivity index (χ4n) is 3.71. The van der Waals surface area contributed by atoms with E-state index in [1.807, 2.05) is 7.58 Å². The van der Waals surface area contributed by atoms with Gasteiger partial charge in [-0.25, -0.2) is 0 Å². The Bertz CT molecular complexity index is 588. The van der Waals surface area contributed by atoms with Gasteiger partial charge in [0.2, 0.25) is 0 Å². The maximum absolute atomic E-state index is 2.44. The Balaban J connectivity index is 0. The molecule has 0 unspecified atom stereocenters. The molecule has 2 aliphatic rings. The van der Waals surface area contributed by atoms with Crippen molar-refractivity contribution in [2.24, 2.45) is 10.8 Å². The smallest absolute Gasteiger partial charge is 1.00 e. The van der Waals surface area contributed by atoms with Crippen molar-refractivity contribution in [2.75, 3.05) is 0 Å². The van der Waals surface area contributed by atoms with Crippen molar-refractivity contribution in [3.05, 3.63) is 41.0 Å². The third kappa shape index (κ3) is 2.31. The molecule has 0 fully saturated rings. The summed E-state index contributed by atoms with van der Waals surface area (Å²) in [6.45, 7) is 23.8. The quantitative estimate of drug-likeness (QED) is 0.435. The van der Waals surface area contributed by atoms with Gasteiger partial charge in [-0.15, -0.1) is 0 Å². The van der Waals surface area contributed by atoms with Crippen LogP contribution in [0.1, 0.15) is 73.5 Å². The van der Waals surface area contributed by atoms with E-state index in [-0.39, 0.29) is 4.28 Å². The predicted octanol–water partition coefficient (Wildman–Crippen LogP) is 6.71. The van der Waals surface area contributed by atoms with Crippen molar-refractivity contribution >= 4 is 0 Å². The van der Waals surface area contributed by atoms with Gasteiger partial charge in [0.15, 0.2) is 0 Å². The van der Waals surface area contributed by atoms with Crippen LogP contribution in [0, 0.1) is 10.8 Å². The molecule has 0 aromatic carbocycles. The van der Waals surface area contributed by atoms with Crippen LogP contribution >= 0.6 is 0 Å². The summed E-state index contributed by atoms with van der Waals surface area (Å²) in [6, 6.07) is 0. The average molecular weight is 454 g/mol. The van der Waals surface area contributed by atoms with Crippen molar-refractivity contribution in [3.63, 3.8) is 0 Å². The molecular formula is C20H33Ta-3. The summed E-state index contributed by atoms with van der Waals surface area (Å²) in [4.78, 5) is 0. The van der Waals surface area contributed by atoms with Gasteiger partial charge in [0.25, 0.3) is 0 Å². The Kier molecular flexibility index (Phi) is 4.16. The summed E-state index contributed by atoms with van der Waals surface area (Å²) in [6.07, 6.45) is 0. The maximum Gasteiger partial charge on any atom is -1.00 e. The van der Waals surface area contributed by atoms with Gasteiger partial charge >= 0.3 is 141 Å². The molecule has 0 saturated heterocycles. The molecule has 0 amide bonds. The normalized spacial score (nSPS) is 24.7. The van der Waals surface area contributed by atoms with Crippen molar-refractivity contribution in [2.45, 2.75) is 69.2 Å². The average Bonchev–Trinajstić information content (AvgIpc) is 2.63. The molecule has 0 aliphatic heterocycles. The zero-order valence-corrected chi connectivity index (χ0v) is 18.7. The van der Waals surface area contributed by atoms with Crippen LogP contribution in [0.4, 0.5) is 0 Å². The van der Waals surface area contributed by atoms with Crippen LogP contribution in [-0.4, -0.2) is 0 Å². The van der Waals surface area contributed by atoms with Crippen molar-refractivity contribution in [3.8, 4) is 0 Å². The minimum atomic E-state index is -0.845. The zero-order valence-electron chi connectivity index (χ0n) is 18.4. The molecule has 121 valence electrons. The number of allylic oxidation sites excluding steroid dienone is 8. The molecule has 0 nitrogen and oxygen atoms in total. The second-order valence-electron chi connectivity index (χ2n) is 7.81. The van der Waals surface area contributed by atoms with Gasteiger partial charge in [-0.05, 0) is 0 Å². The molecule has 0 atom stereocenters. The van der Waals surface area contributed by atoms with Crippen LogP contribution in [0.15, 0.2) is 41.0 Å². The third-order valence-corrected chi connectivity index (χ3v) is 14.3. The monoisotopic (exact) mass is 454 g/mol. The van der Waals surface area contributed by atoms with Crippen molar-refractivity contribution in [1.82, 2.24) is 0 Å². The predicted molar refractivity (Wildman–Crippen MR) is 93.0 cm³/mol. The summed E-state index contributed by atoms with van der Waals surface area (Å²) >= 11 is -0.845. The van der Waals surface area contributed by atoms with E-state index in [1.165, 1.54) is 0 Å². The number of rotatable bonds is 2. The number of hydrogen-bond donors (Lipinski definition) is 0. The van der Waals surface area contributed by atoms with Crippen LogP contribution in [0.3, 0.4) is 0 Å². The van der Waals surface area contributed by atoms with Gasteiger partial charge in [-0.3, -0.25) is 0 Å². The Morgan fingerprint density at radius 2 is 0.857 bits per heavy atom. The standard InChI is InChI=1S/2C10H15.Ta.3H/c2*1-7-6-10(4,5)9(3)8(7)2;;;;/h2*1-5H3;;;;/q;;;3*-1. The van der Waals surface area contributed by atoms with Crippen molar-refractivity contribution in [1.29, 1.82) is 0 Å². The third-order valence-electron chi connectivity index (χ3n) is 6.24. The summed E-state index contributed by atoms with van der Waals surface area (Å²) in [7, 11) is 0. The molecule has 2 rings (SSSR count). The molecule has 0 aromatic rings. The van der Waals surface area contributed by atoms with E-state index in [0.717, 1.165) is 0 Å². The molecule has 0 heterocycles. The van der Waals surface area contributed by atoms with Crippen LogP contribution in [0.25, 0.3) is 0 Å². The second-order valence-corrected chi connectivity index (χ2v) is 11.8. The van der Waals surface area contributed by atoms with E-state index in [1.54, 1.807) is 33.4 Å². The second kappa shape index (κ2) is 5.11. The van der Waals surface area contributed by atoms with E-state index < -0.39 is 19.8 Å². The Morgan fingerprint density at radius 1 is 0.571 bits per heavy atom. The number of hydrogen-bond acceptors (Lipinski definition) is 0. The summed E-state index contributed by atoms with van der Waals surface area (Å²) in [5, 5.41) is 0. The fourth-order valence-corrected chi connectivity index (χ4v) is 10.1. The molecule has 0 N–H and O–H groups in total. The van der Waals surface area contributed by atoms with Gasteiger partial charge in [0, 0.05) is 0 Å². The molecule has 1 heteroatoms. The summed E-state index contributed by atoms with van der Waals surface area (Å²) < 4.78 is 3.62. The minimum Gasteiger partial charge on any atom is -1.00 e. The molecule has 0 aromatic heterocycles. The van der Waals surface area contributed by atoms with E-state index in [2.05, 4.69) is 69.2 Å². The van der Waals surface area contributed by atoms with E-state index in [0.29, 0.717) is 10.8 Å². The topological polar surface area (TPSA) is 0 Å². The summed E-state index contributed by atoms with van der Waals surface area (Å²) in [5.41, 5.74) is 10.1. The van der Waals surface area contributed by atoms with Crippen LogP contribution in [0.2, 0.25) is 0 Å². The van der Waals surface area contributed by atoms with Crippen molar-refractivity contribution < 1.29 is 24.0 Å². The molecule has 0 saturated carbocycles. The summed E-state index contributed by atoms with van der Waals surface area (Å²) in [5.74, 6) is 0. The van der Waals surface area contributed by atoms with Crippen LogP contribution in [0.5, 0.6) is 0 Å². The Hall–Kier alpha value is -0.300. The first-order valence-electron chi connectivity index (χ1n) is 7.95. The van der Waals surface area contributed by atoms with Gasteiger partial charge in [-0.2, -0.15) is 0 Å². The van der Waals surface area contributed by atoms with Crippen LogP contribution in [-0.2, 0) is 19.8 Å². The van der Waals surface area contributed by atoms with E-state index >= 15 is 0 Å². The molecule has 0 radical (unpaired) electrons. The Labute approximate surface area is 145 Å². The molecule has 0 bridgehead atoms. The molecule has 2 aliphatic carbocycles. The van der Waals surface area contributed by atoms with E-state index in [9.17, 15) is 0 Å².